The molecule has 3 rings (SSSR count). The number of amides is 2. The van der Waals surface area contributed by atoms with Crippen molar-refractivity contribution in [1.29, 1.82) is 0 Å². The van der Waals surface area contributed by atoms with Gasteiger partial charge in [-0.15, -0.1) is 11.3 Å². The van der Waals surface area contributed by atoms with Crippen LogP contribution < -0.4 is 11.1 Å². The average molecular weight is 293 g/mol. The summed E-state index contributed by atoms with van der Waals surface area (Å²) in [6.07, 6.45) is 2.27. The number of hydrogen-bond acceptors (Lipinski definition) is 4. The van der Waals surface area contributed by atoms with Crippen LogP contribution in [0, 0.1) is 5.92 Å². The smallest absolute Gasteiger partial charge is 0.244 e. The van der Waals surface area contributed by atoms with Crippen LogP contribution in [0.3, 0.4) is 0 Å². The van der Waals surface area contributed by atoms with E-state index in [4.69, 9.17) is 5.73 Å². The molecule has 2 aliphatic rings. The van der Waals surface area contributed by atoms with Gasteiger partial charge in [-0.2, -0.15) is 0 Å². The van der Waals surface area contributed by atoms with Gasteiger partial charge in [0.05, 0.1) is 0 Å². The first-order valence-corrected chi connectivity index (χ1v) is 7.90. The molecule has 0 aliphatic carbocycles. The SMILES string of the molecule is NC(C(=O)N1CCC2NC(=O)CCC2C1)c1cccs1. The Morgan fingerprint density at radius 2 is 2.35 bits per heavy atom. The standard InChI is InChI=1S/C14H19N3O2S/c15-13(11-2-1-7-20-11)14(19)17-6-5-10-9(8-17)3-4-12(18)16-10/h1-2,7,9-10,13H,3-6,8,15H2,(H,16,18). The van der Waals surface area contributed by atoms with Crippen molar-refractivity contribution in [3.05, 3.63) is 22.4 Å². The summed E-state index contributed by atoms with van der Waals surface area (Å²) in [4.78, 5) is 26.6. The van der Waals surface area contributed by atoms with Gasteiger partial charge in [0, 0.05) is 30.4 Å². The normalized spacial score (nSPS) is 27.6. The van der Waals surface area contributed by atoms with Crippen LogP contribution in [0.5, 0.6) is 0 Å². The minimum Gasteiger partial charge on any atom is -0.353 e. The molecular weight excluding hydrogens is 274 g/mol. The van der Waals surface area contributed by atoms with Gasteiger partial charge in [-0.1, -0.05) is 6.07 Å². The summed E-state index contributed by atoms with van der Waals surface area (Å²) in [5.74, 6) is 0.519. The van der Waals surface area contributed by atoms with Crippen molar-refractivity contribution in [2.45, 2.75) is 31.3 Å². The van der Waals surface area contributed by atoms with Crippen molar-refractivity contribution >= 4 is 23.2 Å². The summed E-state index contributed by atoms with van der Waals surface area (Å²) in [6.45, 7) is 1.39. The second-order valence-corrected chi connectivity index (χ2v) is 6.52. The maximum atomic E-state index is 12.5. The summed E-state index contributed by atoms with van der Waals surface area (Å²) in [6, 6.07) is 3.50. The quantitative estimate of drug-likeness (QED) is 0.850. The minimum atomic E-state index is -0.551. The van der Waals surface area contributed by atoms with Gasteiger partial charge < -0.3 is 16.0 Å². The maximum absolute atomic E-state index is 12.5. The zero-order valence-corrected chi connectivity index (χ0v) is 12.1. The van der Waals surface area contributed by atoms with E-state index in [9.17, 15) is 9.59 Å². The molecule has 0 radical (unpaired) electrons. The van der Waals surface area contributed by atoms with E-state index in [1.807, 2.05) is 22.4 Å². The minimum absolute atomic E-state index is 0.00259. The number of fused-ring (bicyclic) bond motifs is 1. The number of nitrogens with zero attached hydrogens (tertiary/aromatic N) is 1. The third kappa shape index (κ3) is 2.58. The number of carbonyl (C=O) groups excluding carboxylic acids is 2. The Kier molecular flexibility index (Phi) is 3.76. The molecule has 3 heterocycles. The van der Waals surface area contributed by atoms with Gasteiger partial charge in [0.25, 0.3) is 0 Å². The van der Waals surface area contributed by atoms with E-state index in [-0.39, 0.29) is 17.9 Å². The molecule has 1 aromatic heterocycles. The van der Waals surface area contributed by atoms with Crippen LogP contribution in [0.4, 0.5) is 0 Å². The molecule has 3 N–H and O–H groups in total. The molecule has 1 aromatic rings. The second-order valence-electron chi connectivity index (χ2n) is 5.54. The van der Waals surface area contributed by atoms with Crippen LogP contribution >= 0.6 is 11.3 Å². The molecule has 2 amide bonds. The Morgan fingerprint density at radius 1 is 1.50 bits per heavy atom. The van der Waals surface area contributed by atoms with Crippen LogP contribution in [0.25, 0.3) is 0 Å². The van der Waals surface area contributed by atoms with E-state index in [2.05, 4.69) is 5.32 Å². The van der Waals surface area contributed by atoms with E-state index in [0.717, 1.165) is 17.7 Å². The summed E-state index contributed by atoms with van der Waals surface area (Å²) in [5, 5.41) is 4.96. The van der Waals surface area contributed by atoms with Crippen LogP contribution in [-0.4, -0.2) is 35.8 Å². The number of thiophene rings is 1. The van der Waals surface area contributed by atoms with Crippen molar-refractivity contribution in [2.75, 3.05) is 13.1 Å². The van der Waals surface area contributed by atoms with Gasteiger partial charge in [0.15, 0.2) is 0 Å². The van der Waals surface area contributed by atoms with Crippen LogP contribution in [0.1, 0.15) is 30.2 Å². The third-order valence-corrected chi connectivity index (χ3v) is 5.21. The van der Waals surface area contributed by atoms with Crippen molar-refractivity contribution in [3.8, 4) is 0 Å². The first-order valence-electron chi connectivity index (χ1n) is 7.02. The molecule has 20 heavy (non-hydrogen) atoms. The van der Waals surface area contributed by atoms with Crippen LogP contribution in [0.2, 0.25) is 0 Å². The Hall–Kier alpha value is -1.40. The van der Waals surface area contributed by atoms with Gasteiger partial charge in [0.2, 0.25) is 11.8 Å². The highest BCUT2D eigenvalue weighted by Gasteiger charge is 2.36. The highest BCUT2D eigenvalue weighted by molar-refractivity contribution is 7.10. The highest BCUT2D eigenvalue weighted by atomic mass is 32.1. The fraction of sp³-hybridized carbons (Fsp3) is 0.571. The molecule has 0 bridgehead atoms. The molecule has 0 aromatic carbocycles. The summed E-state index contributed by atoms with van der Waals surface area (Å²) in [7, 11) is 0. The van der Waals surface area contributed by atoms with Crippen molar-refractivity contribution in [3.63, 3.8) is 0 Å². The number of carbonyl (C=O) groups is 2. The number of rotatable bonds is 2. The summed E-state index contributed by atoms with van der Waals surface area (Å²) in [5.41, 5.74) is 6.05. The highest BCUT2D eigenvalue weighted by Crippen LogP contribution is 2.27. The van der Waals surface area contributed by atoms with Gasteiger partial charge in [0.1, 0.15) is 6.04 Å². The van der Waals surface area contributed by atoms with Gasteiger partial charge in [-0.05, 0) is 30.2 Å². The monoisotopic (exact) mass is 293 g/mol. The molecule has 2 saturated heterocycles. The lowest BCUT2D eigenvalue weighted by Gasteiger charge is -2.42. The number of hydrogen-bond donors (Lipinski definition) is 2. The van der Waals surface area contributed by atoms with Crippen molar-refractivity contribution in [1.82, 2.24) is 10.2 Å². The first-order chi connectivity index (χ1) is 9.65. The average Bonchev–Trinajstić information content (AvgIpc) is 2.99. The summed E-state index contributed by atoms with van der Waals surface area (Å²) >= 11 is 1.52. The zero-order valence-electron chi connectivity index (χ0n) is 11.2. The first kappa shape index (κ1) is 13.6. The van der Waals surface area contributed by atoms with Crippen molar-refractivity contribution in [2.24, 2.45) is 11.7 Å². The maximum Gasteiger partial charge on any atom is 0.244 e. The molecule has 2 aliphatic heterocycles. The molecule has 2 fully saturated rings. The van der Waals surface area contributed by atoms with Crippen LogP contribution in [0.15, 0.2) is 17.5 Å². The molecule has 3 unspecified atom stereocenters. The molecule has 3 atom stereocenters. The van der Waals surface area contributed by atoms with E-state index >= 15 is 0 Å². The lowest BCUT2D eigenvalue weighted by molar-refractivity contribution is -0.136. The summed E-state index contributed by atoms with van der Waals surface area (Å²) < 4.78 is 0. The van der Waals surface area contributed by atoms with E-state index in [1.54, 1.807) is 0 Å². The molecule has 6 heteroatoms. The van der Waals surface area contributed by atoms with E-state index < -0.39 is 6.04 Å². The number of nitrogens with two attached hydrogens (primary N) is 1. The van der Waals surface area contributed by atoms with Gasteiger partial charge >= 0.3 is 0 Å². The zero-order chi connectivity index (χ0) is 14.1. The fourth-order valence-corrected chi connectivity index (χ4v) is 3.82. The third-order valence-electron chi connectivity index (χ3n) is 4.25. The molecule has 108 valence electrons. The Morgan fingerprint density at radius 3 is 3.10 bits per heavy atom. The largest absolute Gasteiger partial charge is 0.353 e. The Bertz CT molecular complexity index is 503. The van der Waals surface area contributed by atoms with E-state index in [0.29, 0.717) is 25.4 Å². The Balaban J connectivity index is 1.64. The Labute approximate surface area is 122 Å². The number of nitrogens with one attached hydrogen (secondary N) is 1. The van der Waals surface area contributed by atoms with Crippen molar-refractivity contribution < 1.29 is 9.59 Å². The van der Waals surface area contributed by atoms with Gasteiger partial charge in [-0.25, -0.2) is 0 Å². The van der Waals surface area contributed by atoms with Gasteiger partial charge in [-0.3, -0.25) is 9.59 Å². The number of piperidine rings is 2. The molecule has 5 nitrogen and oxygen atoms in total. The topological polar surface area (TPSA) is 75.4 Å². The number of likely N-dealkylation sites (tertiary alicyclic amines) is 1. The predicted molar refractivity (Wildman–Crippen MR) is 77.1 cm³/mol. The van der Waals surface area contributed by atoms with E-state index in [1.165, 1.54) is 11.3 Å². The fourth-order valence-electron chi connectivity index (χ4n) is 3.10. The molecule has 0 saturated carbocycles. The lowest BCUT2D eigenvalue weighted by atomic mass is 9.85. The molecule has 0 spiro atoms. The predicted octanol–water partition coefficient (Wildman–Crippen LogP) is 0.875. The lowest BCUT2D eigenvalue weighted by Crippen LogP contribution is -2.56. The van der Waals surface area contributed by atoms with Crippen LogP contribution in [-0.2, 0) is 9.59 Å². The molecular formula is C14H19N3O2S. The second kappa shape index (κ2) is 5.54.